The maximum Gasteiger partial charge on any atom is 0.256 e. The van der Waals surface area contributed by atoms with Crippen LogP contribution in [0.5, 0.6) is 0 Å². The molecule has 33 heavy (non-hydrogen) atoms. The van der Waals surface area contributed by atoms with Gasteiger partial charge < -0.3 is 11.1 Å². The second-order valence-electron chi connectivity index (χ2n) is 7.77. The molecular weight excluding hydrogens is 482 g/mol. The van der Waals surface area contributed by atoms with E-state index >= 15 is 0 Å². The Kier molecular flexibility index (Phi) is 7.58. The van der Waals surface area contributed by atoms with E-state index < -0.39 is 21.7 Å². The molecule has 3 aromatic rings. The van der Waals surface area contributed by atoms with Crippen molar-refractivity contribution < 1.29 is 18.0 Å². The molecule has 7 nitrogen and oxygen atoms in total. The Morgan fingerprint density at radius 1 is 1.12 bits per heavy atom. The number of primary amides is 1. The number of halogens is 1. The van der Waals surface area contributed by atoms with Crippen molar-refractivity contribution in [1.82, 2.24) is 4.90 Å². The number of fused-ring (bicyclic) bond motifs is 1. The highest BCUT2D eigenvalue weighted by molar-refractivity contribution is 7.90. The van der Waals surface area contributed by atoms with Crippen LogP contribution in [0.2, 0.25) is 0 Å². The SMILES string of the molecule is CS(=O)(=O)c1cccc(C(=O)Nc2sc3c(c2C(N)=O)CCN(Cc2ccccc2)C3)c1.Cl. The quantitative estimate of drug-likeness (QED) is 0.533. The molecule has 0 atom stereocenters. The van der Waals surface area contributed by atoms with Crippen molar-refractivity contribution in [1.29, 1.82) is 0 Å². The Bertz CT molecular complexity index is 1290. The number of sulfone groups is 1. The second-order valence-corrected chi connectivity index (χ2v) is 10.9. The lowest BCUT2D eigenvalue weighted by Gasteiger charge is -2.27. The standard InChI is InChI=1S/C23H23N3O4S2.ClH/c1-32(29,30)17-9-5-8-16(12-17)22(28)25-23-20(21(24)27)18-10-11-26(14-19(18)31-23)13-15-6-3-2-4-7-15;/h2-9,12H,10-11,13-14H2,1H3,(H2,24,27)(H,25,28);1H. The Hall–Kier alpha value is -2.72. The lowest BCUT2D eigenvalue weighted by Crippen LogP contribution is -2.30. The summed E-state index contributed by atoms with van der Waals surface area (Å²) in [7, 11) is -3.44. The molecule has 0 saturated heterocycles. The van der Waals surface area contributed by atoms with E-state index in [0.29, 0.717) is 23.5 Å². The Balaban J connectivity index is 0.00000306. The number of anilines is 1. The first kappa shape index (κ1) is 24.9. The highest BCUT2D eigenvalue weighted by atomic mass is 35.5. The molecule has 0 fully saturated rings. The van der Waals surface area contributed by atoms with Gasteiger partial charge in [0.1, 0.15) is 5.00 Å². The summed E-state index contributed by atoms with van der Waals surface area (Å²) in [4.78, 5) is 28.4. The third-order valence-corrected chi connectivity index (χ3v) is 7.63. The fourth-order valence-electron chi connectivity index (χ4n) is 3.82. The monoisotopic (exact) mass is 505 g/mol. The fraction of sp³-hybridized carbons (Fsp3) is 0.217. The van der Waals surface area contributed by atoms with Crippen LogP contribution < -0.4 is 11.1 Å². The molecule has 0 unspecified atom stereocenters. The van der Waals surface area contributed by atoms with Gasteiger partial charge in [-0.2, -0.15) is 0 Å². The van der Waals surface area contributed by atoms with Gasteiger partial charge in [0, 0.05) is 36.3 Å². The highest BCUT2D eigenvalue weighted by Crippen LogP contribution is 2.37. The number of nitrogens with zero attached hydrogens (tertiary/aromatic N) is 1. The van der Waals surface area contributed by atoms with Gasteiger partial charge in [-0.3, -0.25) is 14.5 Å². The smallest absolute Gasteiger partial charge is 0.256 e. The first-order chi connectivity index (χ1) is 15.2. The molecule has 0 spiro atoms. The van der Waals surface area contributed by atoms with Gasteiger partial charge in [0.15, 0.2) is 9.84 Å². The number of carbonyl (C=O) groups is 2. The molecule has 1 aliphatic heterocycles. The minimum absolute atomic E-state index is 0. The summed E-state index contributed by atoms with van der Waals surface area (Å²) < 4.78 is 23.6. The third kappa shape index (κ3) is 5.62. The van der Waals surface area contributed by atoms with Crippen molar-refractivity contribution in [2.75, 3.05) is 18.1 Å². The number of hydrogen-bond acceptors (Lipinski definition) is 6. The minimum atomic E-state index is -3.44. The molecule has 4 rings (SSSR count). The topological polar surface area (TPSA) is 110 Å². The maximum absolute atomic E-state index is 12.8. The molecule has 1 aromatic heterocycles. The van der Waals surface area contributed by atoms with Crippen LogP contribution in [0.25, 0.3) is 0 Å². The van der Waals surface area contributed by atoms with E-state index in [-0.39, 0.29) is 22.9 Å². The number of rotatable bonds is 6. The second kappa shape index (κ2) is 10.0. The average Bonchev–Trinajstić information content (AvgIpc) is 3.11. The van der Waals surface area contributed by atoms with Crippen LogP contribution in [0.15, 0.2) is 59.5 Å². The molecule has 2 aromatic carbocycles. The van der Waals surface area contributed by atoms with Gasteiger partial charge in [-0.25, -0.2) is 8.42 Å². The van der Waals surface area contributed by atoms with E-state index in [1.807, 2.05) is 18.2 Å². The zero-order valence-corrected chi connectivity index (χ0v) is 20.4. The van der Waals surface area contributed by atoms with Gasteiger partial charge in [0.2, 0.25) is 0 Å². The van der Waals surface area contributed by atoms with E-state index in [1.54, 1.807) is 0 Å². The van der Waals surface area contributed by atoms with Crippen molar-refractivity contribution in [3.8, 4) is 0 Å². The van der Waals surface area contributed by atoms with E-state index in [0.717, 1.165) is 29.8 Å². The number of carbonyl (C=O) groups excluding carboxylic acids is 2. The summed E-state index contributed by atoms with van der Waals surface area (Å²) in [6.45, 7) is 2.24. The highest BCUT2D eigenvalue weighted by Gasteiger charge is 2.28. The largest absolute Gasteiger partial charge is 0.365 e. The maximum atomic E-state index is 12.8. The first-order valence-corrected chi connectivity index (χ1v) is 12.8. The van der Waals surface area contributed by atoms with E-state index in [1.165, 1.54) is 41.2 Å². The zero-order chi connectivity index (χ0) is 22.9. The van der Waals surface area contributed by atoms with Gasteiger partial charge in [-0.05, 0) is 35.7 Å². The Morgan fingerprint density at radius 3 is 2.52 bits per heavy atom. The zero-order valence-electron chi connectivity index (χ0n) is 17.9. The number of nitrogens with one attached hydrogen (secondary N) is 1. The predicted octanol–water partition coefficient (Wildman–Crippen LogP) is 3.48. The van der Waals surface area contributed by atoms with Crippen LogP contribution in [0.4, 0.5) is 5.00 Å². The lowest BCUT2D eigenvalue weighted by molar-refractivity contribution is 0.0999. The fourth-order valence-corrected chi connectivity index (χ4v) is 5.78. The van der Waals surface area contributed by atoms with Gasteiger partial charge in [0.25, 0.3) is 11.8 Å². The lowest BCUT2D eigenvalue weighted by atomic mass is 10.0. The van der Waals surface area contributed by atoms with Gasteiger partial charge in [-0.15, -0.1) is 23.7 Å². The molecular formula is C23H24ClN3O4S2. The Labute approximate surface area is 202 Å². The van der Waals surface area contributed by atoms with Crippen LogP contribution in [0.3, 0.4) is 0 Å². The number of benzene rings is 2. The Morgan fingerprint density at radius 2 is 1.85 bits per heavy atom. The molecule has 0 bridgehead atoms. The van der Waals surface area contributed by atoms with Crippen LogP contribution in [-0.2, 0) is 29.3 Å². The van der Waals surface area contributed by atoms with Crippen molar-refractivity contribution in [2.24, 2.45) is 5.73 Å². The number of thiophene rings is 1. The van der Waals surface area contributed by atoms with Crippen molar-refractivity contribution >= 4 is 50.4 Å². The van der Waals surface area contributed by atoms with Gasteiger partial charge >= 0.3 is 0 Å². The number of hydrogen-bond donors (Lipinski definition) is 2. The van der Waals surface area contributed by atoms with E-state index in [9.17, 15) is 18.0 Å². The molecule has 1 aliphatic rings. The summed E-state index contributed by atoms with van der Waals surface area (Å²) >= 11 is 1.34. The van der Waals surface area contributed by atoms with Crippen molar-refractivity contribution in [3.05, 3.63) is 81.7 Å². The molecule has 2 heterocycles. The minimum Gasteiger partial charge on any atom is -0.365 e. The van der Waals surface area contributed by atoms with Crippen LogP contribution >= 0.6 is 23.7 Å². The molecule has 10 heteroatoms. The predicted molar refractivity (Wildman–Crippen MR) is 132 cm³/mol. The van der Waals surface area contributed by atoms with Crippen molar-refractivity contribution in [3.63, 3.8) is 0 Å². The number of nitrogens with two attached hydrogens (primary N) is 1. The summed E-state index contributed by atoms with van der Waals surface area (Å²) in [6.07, 6.45) is 1.75. The van der Waals surface area contributed by atoms with Crippen molar-refractivity contribution in [2.45, 2.75) is 24.4 Å². The normalized spacial score (nSPS) is 13.6. The van der Waals surface area contributed by atoms with E-state index in [2.05, 4.69) is 22.3 Å². The van der Waals surface area contributed by atoms with Gasteiger partial charge in [0.05, 0.1) is 10.5 Å². The van der Waals surface area contributed by atoms with Crippen LogP contribution in [0, 0.1) is 0 Å². The molecule has 3 N–H and O–H groups in total. The summed E-state index contributed by atoms with van der Waals surface area (Å²) in [5.41, 5.74) is 8.29. The van der Waals surface area contributed by atoms with E-state index in [4.69, 9.17) is 5.73 Å². The molecule has 174 valence electrons. The molecule has 0 saturated carbocycles. The average molecular weight is 506 g/mol. The summed E-state index contributed by atoms with van der Waals surface area (Å²) in [5.74, 6) is -1.07. The van der Waals surface area contributed by atoms with Crippen LogP contribution in [-0.4, -0.2) is 37.9 Å². The molecule has 2 amide bonds. The van der Waals surface area contributed by atoms with Gasteiger partial charge in [-0.1, -0.05) is 36.4 Å². The summed E-state index contributed by atoms with van der Waals surface area (Å²) in [6, 6.07) is 16.0. The van der Waals surface area contributed by atoms with Crippen LogP contribution in [0.1, 0.15) is 36.7 Å². The summed E-state index contributed by atoms with van der Waals surface area (Å²) in [5, 5.41) is 3.18. The first-order valence-electron chi connectivity index (χ1n) is 10.0. The molecule has 0 radical (unpaired) electrons. The molecule has 0 aliphatic carbocycles. The third-order valence-electron chi connectivity index (χ3n) is 5.38. The number of amides is 2.